The third-order valence-electron chi connectivity index (χ3n) is 5.09. The number of sulfonamides is 1. The summed E-state index contributed by atoms with van der Waals surface area (Å²) in [5, 5.41) is 2.79. The van der Waals surface area contributed by atoms with Gasteiger partial charge in [0.05, 0.1) is 4.90 Å². The number of benzene rings is 2. The van der Waals surface area contributed by atoms with Gasteiger partial charge in [-0.3, -0.25) is 4.79 Å². The second-order valence-corrected chi connectivity index (χ2v) is 9.00. The highest BCUT2D eigenvalue weighted by Gasteiger charge is 2.21. The van der Waals surface area contributed by atoms with E-state index >= 15 is 0 Å². The monoisotopic (exact) mass is 456 g/mol. The summed E-state index contributed by atoms with van der Waals surface area (Å²) in [5.41, 5.74) is 1.48. The van der Waals surface area contributed by atoms with Crippen molar-refractivity contribution in [3.8, 4) is 17.2 Å². The zero-order valence-electron chi connectivity index (χ0n) is 17.8. The van der Waals surface area contributed by atoms with Crippen LogP contribution in [-0.4, -0.2) is 54.5 Å². The van der Waals surface area contributed by atoms with Crippen molar-refractivity contribution in [3.05, 3.63) is 60.7 Å². The van der Waals surface area contributed by atoms with Gasteiger partial charge in [-0.2, -0.15) is 4.31 Å². The number of rotatable bonds is 7. The van der Waals surface area contributed by atoms with Crippen LogP contribution in [0.5, 0.6) is 11.5 Å². The highest BCUT2D eigenvalue weighted by atomic mass is 32.2. The number of nitrogens with zero attached hydrogens (tertiary/aromatic N) is 3. The molecule has 168 valence electrons. The van der Waals surface area contributed by atoms with Crippen molar-refractivity contribution < 1.29 is 22.7 Å². The summed E-state index contributed by atoms with van der Waals surface area (Å²) >= 11 is 0. The standard InChI is InChI=1S/C22H24N4O5S/c1-3-26(4-2)32(28,29)18-8-6-17(7-9-18)25-14-19(23-15-25)22(27)24-16-5-10-20-21(13-16)31-12-11-30-20/h5-10,13-15H,3-4,11-12H2,1-2H3,(H,24,27). The zero-order valence-corrected chi connectivity index (χ0v) is 18.6. The first-order valence-corrected chi connectivity index (χ1v) is 11.7. The zero-order chi connectivity index (χ0) is 22.7. The molecule has 0 unspecified atom stereocenters. The van der Waals surface area contributed by atoms with Crippen LogP contribution in [-0.2, 0) is 10.0 Å². The molecule has 1 amide bonds. The Morgan fingerprint density at radius 2 is 1.75 bits per heavy atom. The van der Waals surface area contributed by atoms with Gasteiger partial charge in [-0.25, -0.2) is 13.4 Å². The van der Waals surface area contributed by atoms with E-state index in [1.54, 1.807) is 67.1 Å². The van der Waals surface area contributed by atoms with Crippen LogP contribution in [0, 0.1) is 0 Å². The smallest absolute Gasteiger partial charge is 0.275 e. The van der Waals surface area contributed by atoms with Gasteiger partial charge in [0, 0.05) is 36.7 Å². The molecule has 2 aromatic carbocycles. The molecule has 0 fully saturated rings. The number of ether oxygens (including phenoxy) is 2. The van der Waals surface area contributed by atoms with Crippen molar-refractivity contribution >= 4 is 21.6 Å². The summed E-state index contributed by atoms with van der Waals surface area (Å²) < 4.78 is 39.3. The van der Waals surface area contributed by atoms with E-state index in [4.69, 9.17) is 9.47 Å². The second kappa shape index (κ2) is 9.01. The number of aromatic nitrogens is 2. The molecule has 1 aliphatic rings. The van der Waals surface area contributed by atoms with Gasteiger partial charge in [0.15, 0.2) is 11.5 Å². The average Bonchev–Trinajstić information content (AvgIpc) is 3.30. The quantitative estimate of drug-likeness (QED) is 0.586. The first kappa shape index (κ1) is 21.8. The predicted octanol–water partition coefficient (Wildman–Crippen LogP) is 2.93. The summed E-state index contributed by atoms with van der Waals surface area (Å²) in [6, 6.07) is 11.7. The molecule has 0 radical (unpaired) electrons. The minimum absolute atomic E-state index is 0.222. The second-order valence-electron chi connectivity index (χ2n) is 7.06. The molecule has 0 atom stereocenters. The van der Waals surface area contributed by atoms with Crippen LogP contribution in [0.1, 0.15) is 24.3 Å². The summed E-state index contributed by atoms with van der Waals surface area (Å²) in [6.07, 6.45) is 3.09. The van der Waals surface area contributed by atoms with E-state index in [2.05, 4.69) is 10.3 Å². The first-order valence-electron chi connectivity index (χ1n) is 10.3. The number of anilines is 1. The fraction of sp³-hybridized carbons (Fsp3) is 0.273. The fourth-order valence-corrected chi connectivity index (χ4v) is 4.86. The Kier molecular flexibility index (Phi) is 6.15. The molecule has 4 rings (SSSR count). The third kappa shape index (κ3) is 4.32. The van der Waals surface area contributed by atoms with Gasteiger partial charge >= 0.3 is 0 Å². The fourth-order valence-electron chi connectivity index (χ4n) is 3.40. The topological polar surface area (TPSA) is 103 Å². The van der Waals surface area contributed by atoms with Gasteiger partial charge in [0.2, 0.25) is 10.0 Å². The molecule has 2 heterocycles. The Bertz CT molecular complexity index is 1220. The minimum atomic E-state index is -3.52. The Morgan fingerprint density at radius 3 is 2.44 bits per heavy atom. The number of nitrogens with one attached hydrogen (secondary N) is 1. The molecular weight excluding hydrogens is 432 g/mol. The minimum Gasteiger partial charge on any atom is -0.486 e. The summed E-state index contributed by atoms with van der Waals surface area (Å²) in [6.45, 7) is 5.38. The van der Waals surface area contributed by atoms with Crippen molar-refractivity contribution in [2.45, 2.75) is 18.7 Å². The SMILES string of the molecule is CCN(CC)S(=O)(=O)c1ccc(-n2cnc(C(=O)Nc3ccc4c(c3)OCCO4)c2)cc1. The Morgan fingerprint density at radius 1 is 1.06 bits per heavy atom. The lowest BCUT2D eigenvalue weighted by molar-refractivity contribution is 0.102. The van der Waals surface area contributed by atoms with E-state index in [0.717, 1.165) is 0 Å². The Hall–Kier alpha value is -3.37. The maximum absolute atomic E-state index is 12.6. The van der Waals surface area contributed by atoms with Crippen molar-refractivity contribution in [2.24, 2.45) is 0 Å². The lowest BCUT2D eigenvalue weighted by Gasteiger charge is -2.18. The molecule has 10 heteroatoms. The average molecular weight is 457 g/mol. The van der Waals surface area contributed by atoms with Crippen molar-refractivity contribution in [1.82, 2.24) is 13.9 Å². The number of hydrogen-bond donors (Lipinski definition) is 1. The van der Waals surface area contributed by atoms with E-state index in [9.17, 15) is 13.2 Å². The van der Waals surface area contributed by atoms with E-state index in [-0.39, 0.29) is 16.5 Å². The Balaban J connectivity index is 1.48. The lowest BCUT2D eigenvalue weighted by atomic mass is 10.2. The highest BCUT2D eigenvalue weighted by Crippen LogP contribution is 2.32. The van der Waals surface area contributed by atoms with Crippen molar-refractivity contribution in [1.29, 1.82) is 0 Å². The van der Waals surface area contributed by atoms with Crippen LogP contribution in [0.2, 0.25) is 0 Å². The molecule has 1 N–H and O–H groups in total. The van der Waals surface area contributed by atoms with E-state index < -0.39 is 10.0 Å². The largest absolute Gasteiger partial charge is 0.486 e. The number of hydrogen-bond acceptors (Lipinski definition) is 6. The van der Waals surface area contributed by atoms with Crippen molar-refractivity contribution in [2.75, 3.05) is 31.6 Å². The Labute approximate surface area is 186 Å². The van der Waals surface area contributed by atoms with Crippen LogP contribution in [0.4, 0.5) is 5.69 Å². The highest BCUT2D eigenvalue weighted by molar-refractivity contribution is 7.89. The maximum atomic E-state index is 12.6. The molecule has 32 heavy (non-hydrogen) atoms. The molecule has 1 aliphatic heterocycles. The van der Waals surface area contributed by atoms with Gasteiger partial charge < -0.3 is 19.4 Å². The first-order chi connectivity index (χ1) is 15.4. The lowest BCUT2D eigenvalue weighted by Crippen LogP contribution is -2.30. The van der Waals surface area contributed by atoms with Gasteiger partial charge in [-0.15, -0.1) is 0 Å². The molecule has 0 bridgehead atoms. The van der Waals surface area contributed by atoms with Crippen molar-refractivity contribution in [3.63, 3.8) is 0 Å². The van der Waals surface area contributed by atoms with Gasteiger partial charge in [0.25, 0.3) is 5.91 Å². The summed E-state index contributed by atoms with van der Waals surface area (Å²) in [7, 11) is -3.52. The van der Waals surface area contributed by atoms with Crippen LogP contribution < -0.4 is 14.8 Å². The molecule has 0 saturated carbocycles. The van der Waals surface area contributed by atoms with E-state index in [1.807, 2.05) is 0 Å². The molecule has 0 saturated heterocycles. The van der Waals surface area contributed by atoms with Gasteiger partial charge in [-0.05, 0) is 36.4 Å². The molecule has 3 aromatic rings. The molecule has 0 aliphatic carbocycles. The van der Waals surface area contributed by atoms with Crippen LogP contribution in [0.25, 0.3) is 5.69 Å². The van der Waals surface area contributed by atoms with Crippen LogP contribution in [0.15, 0.2) is 59.9 Å². The summed E-state index contributed by atoms with van der Waals surface area (Å²) in [5.74, 6) is 0.852. The molecule has 9 nitrogen and oxygen atoms in total. The van der Waals surface area contributed by atoms with Gasteiger partial charge in [-0.1, -0.05) is 13.8 Å². The van der Waals surface area contributed by atoms with Gasteiger partial charge in [0.1, 0.15) is 25.2 Å². The summed E-state index contributed by atoms with van der Waals surface area (Å²) in [4.78, 5) is 17.0. The maximum Gasteiger partial charge on any atom is 0.275 e. The van der Waals surface area contributed by atoms with E-state index in [0.29, 0.717) is 49.2 Å². The number of amides is 1. The van der Waals surface area contributed by atoms with Crippen LogP contribution >= 0.6 is 0 Å². The number of imidazole rings is 1. The number of fused-ring (bicyclic) bond motifs is 1. The normalized spacial score (nSPS) is 13.2. The van der Waals surface area contributed by atoms with E-state index in [1.165, 1.54) is 10.6 Å². The number of carbonyl (C=O) groups is 1. The number of carbonyl (C=O) groups excluding carboxylic acids is 1. The molecule has 1 aromatic heterocycles. The molecule has 0 spiro atoms. The molecular formula is C22H24N4O5S. The predicted molar refractivity (Wildman–Crippen MR) is 119 cm³/mol. The third-order valence-corrected chi connectivity index (χ3v) is 7.16. The van der Waals surface area contributed by atoms with Crippen LogP contribution in [0.3, 0.4) is 0 Å².